The highest BCUT2D eigenvalue weighted by molar-refractivity contribution is 5.94. The van der Waals surface area contributed by atoms with Crippen LogP contribution in [-0.2, 0) is 11.8 Å². The number of amides is 1. The fraction of sp³-hybridized carbons (Fsp3) is 0.400. The van der Waals surface area contributed by atoms with E-state index in [4.69, 9.17) is 4.98 Å². The number of carbonyl (C=O) groups is 1. The summed E-state index contributed by atoms with van der Waals surface area (Å²) in [7, 11) is 4.07. The van der Waals surface area contributed by atoms with E-state index in [0.717, 1.165) is 48.2 Å². The molecule has 2 aliphatic rings. The number of imidazole rings is 1. The van der Waals surface area contributed by atoms with Gasteiger partial charge in [0.25, 0.3) is 0 Å². The number of hydrogen-bond donors (Lipinski definition) is 1. The van der Waals surface area contributed by atoms with Gasteiger partial charge >= 0.3 is 0 Å². The Morgan fingerprint density at radius 2 is 2.04 bits per heavy atom. The molecule has 1 N–H and O–H groups in total. The largest absolute Gasteiger partial charge is 0.332 e. The molecule has 2 fully saturated rings. The smallest absolute Gasteiger partial charge is 0.228 e. The molecule has 3 aromatic rings. The molecule has 138 valence electrons. The van der Waals surface area contributed by atoms with E-state index in [1.54, 1.807) is 18.7 Å². The summed E-state index contributed by atoms with van der Waals surface area (Å²) in [6, 6.07) is 5.80. The van der Waals surface area contributed by atoms with Crippen LogP contribution in [0.4, 0.5) is 5.82 Å². The van der Waals surface area contributed by atoms with Gasteiger partial charge in [0.05, 0.1) is 29.4 Å². The van der Waals surface area contributed by atoms with Crippen molar-refractivity contribution in [3.05, 3.63) is 36.9 Å². The molecule has 5 rings (SSSR count). The lowest BCUT2D eigenvalue weighted by molar-refractivity contribution is -0.137. The monoisotopic (exact) mass is 362 g/mol. The van der Waals surface area contributed by atoms with E-state index in [0.29, 0.717) is 11.2 Å². The molecule has 1 saturated carbocycles. The summed E-state index contributed by atoms with van der Waals surface area (Å²) in [5.74, 6) is 0.739. The van der Waals surface area contributed by atoms with E-state index >= 15 is 0 Å². The summed E-state index contributed by atoms with van der Waals surface area (Å²) in [4.78, 5) is 28.1. The molecule has 1 saturated heterocycles. The molecule has 1 amide bonds. The molecular formula is C20H22N6O. The number of carbonyl (C=O) groups excluding carboxylic acids is 1. The Balaban J connectivity index is 1.33. The van der Waals surface area contributed by atoms with Crippen molar-refractivity contribution in [2.24, 2.45) is 18.4 Å². The summed E-state index contributed by atoms with van der Waals surface area (Å²) in [6.45, 7) is 2.23. The highest BCUT2D eigenvalue weighted by Gasteiger charge is 2.53. The van der Waals surface area contributed by atoms with Crippen LogP contribution >= 0.6 is 0 Å². The molecule has 0 unspecified atom stereocenters. The van der Waals surface area contributed by atoms with Crippen molar-refractivity contribution in [2.45, 2.75) is 12.8 Å². The summed E-state index contributed by atoms with van der Waals surface area (Å²) in [6.07, 6.45) is 7.28. The van der Waals surface area contributed by atoms with Crippen LogP contribution < -0.4 is 5.32 Å². The number of pyridine rings is 2. The van der Waals surface area contributed by atoms with Gasteiger partial charge in [0.2, 0.25) is 5.91 Å². The number of fused-ring (bicyclic) bond motifs is 1. The van der Waals surface area contributed by atoms with E-state index in [-0.39, 0.29) is 11.8 Å². The summed E-state index contributed by atoms with van der Waals surface area (Å²) >= 11 is 0. The second-order valence-electron chi connectivity index (χ2n) is 8.12. The minimum absolute atomic E-state index is 0.0739. The van der Waals surface area contributed by atoms with Crippen LogP contribution in [0, 0.1) is 11.3 Å². The maximum Gasteiger partial charge on any atom is 0.228 e. The topological polar surface area (TPSA) is 75.9 Å². The second kappa shape index (κ2) is 5.85. The minimum atomic E-state index is 0.0739. The number of aromatic nitrogens is 4. The lowest BCUT2D eigenvalue weighted by Crippen LogP contribution is -2.62. The maximum absolute atomic E-state index is 12.5. The van der Waals surface area contributed by atoms with Crippen LogP contribution in [0.3, 0.4) is 0 Å². The SMILES string of the molecule is CN1CC2(CC(C(=O)Nc3cc4nc(-c5cncn5C)ccc4cn3)C2)C1. The summed E-state index contributed by atoms with van der Waals surface area (Å²) in [5.41, 5.74) is 3.00. The fourth-order valence-electron chi connectivity index (χ4n) is 4.59. The van der Waals surface area contributed by atoms with Crippen LogP contribution in [0.1, 0.15) is 12.8 Å². The van der Waals surface area contributed by atoms with Crippen molar-refractivity contribution in [3.63, 3.8) is 0 Å². The summed E-state index contributed by atoms with van der Waals surface area (Å²) < 4.78 is 1.93. The lowest BCUT2D eigenvalue weighted by atomic mass is 9.57. The van der Waals surface area contributed by atoms with Gasteiger partial charge in [-0.15, -0.1) is 0 Å². The zero-order valence-corrected chi connectivity index (χ0v) is 15.5. The van der Waals surface area contributed by atoms with Gasteiger partial charge in [-0.25, -0.2) is 15.0 Å². The molecule has 0 aromatic carbocycles. The Morgan fingerprint density at radius 1 is 1.22 bits per heavy atom. The standard InChI is InChI=1S/C20H22N6O/c1-25-10-20(11-25)6-14(7-20)19(27)24-18-5-16-13(8-22-18)3-4-15(23-16)17-9-21-12-26(17)2/h3-5,8-9,12,14H,6-7,10-11H2,1-2H3,(H,22,24,27). The predicted octanol–water partition coefficient (Wildman–Crippen LogP) is 2.31. The van der Waals surface area contributed by atoms with Crippen molar-refractivity contribution in [2.75, 3.05) is 25.5 Å². The van der Waals surface area contributed by atoms with Gasteiger partial charge in [0.1, 0.15) is 5.82 Å². The molecule has 7 nitrogen and oxygen atoms in total. The zero-order valence-electron chi connectivity index (χ0n) is 15.5. The van der Waals surface area contributed by atoms with Crippen LogP contribution in [-0.4, -0.2) is 50.5 Å². The van der Waals surface area contributed by atoms with Gasteiger partial charge in [-0.05, 0) is 37.4 Å². The highest BCUT2D eigenvalue weighted by atomic mass is 16.2. The van der Waals surface area contributed by atoms with E-state index in [9.17, 15) is 4.79 Å². The Morgan fingerprint density at radius 3 is 2.74 bits per heavy atom. The van der Waals surface area contributed by atoms with Gasteiger partial charge in [-0.3, -0.25) is 4.79 Å². The predicted molar refractivity (Wildman–Crippen MR) is 103 cm³/mol. The molecule has 7 heteroatoms. The van der Waals surface area contributed by atoms with E-state index in [1.807, 2.05) is 29.8 Å². The molecule has 3 aromatic heterocycles. The van der Waals surface area contributed by atoms with Crippen molar-refractivity contribution in [3.8, 4) is 11.4 Å². The van der Waals surface area contributed by atoms with E-state index < -0.39 is 0 Å². The van der Waals surface area contributed by atoms with Gasteiger partial charge in [0, 0.05) is 43.7 Å². The number of hydrogen-bond acceptors (Lipinski definition) is 5. The van der Waals surface area contributed by atoms with Gasteiger partial charge in [0.15, 0.2) is 0 Å². The van der Waals surface area contributed by atoms with E-state index in [1.165, 1.54) is 0 Å². The van der Waals surface area contributed by atoms with Gasteiger partial charge < -0.3 is 14.8 Å². The van der Waals surface area contributed by atoms with Crippen LogP contribution in [0.15, 0.2) is 36.9 Å². The minimum Gasteiger partial charge on any atom is -0.332 e. The number of anilines is 1. The molecule has 0 radical (unpaired) electrons. The molecular weight excluding hydrogens is 340 g/mol. The summed E-state index contributed by atoms with van der Waals surface area (Å²) in [5, 5.41) is 3.92. The van der Waals surface area contributed by atoms with Crippen LogP contribution in [0.2, 0.25) is 0 Å². The number of nitrogens with zero attached hydrogens (tertiary/aromatic N) is 5. The quantitative estimate of drug-likeness (QED) is 0.774. The Kier molecular flexibility index (Phi) is 3.55. The molecule has 1 aliphatic carbocycles. The number of aryl methyl sites for hydroxylation is 1. The second-order valence-corrected chi connectivity index (χ2v) is 8.12. The Bertz CT molecular complexity index is 1030. The first-order chi connectivity index (χ1) is 13.0. The molecule has 0 bridgehead atoms. The lowest BCUT2D eigenvalue weighted by Gasteiger charge is -2.57. The zero-order chi connectivity index (χ0) is 18.6. The average molecular weight is 362 g/mol. The van der Waals surface area contributed by atoms with Crippen molar-refractivity contribution in [1.29, 1.82) is 0 Å². The van der Waals surface area contributed by atoms with Crippen LogP contribution in [0.5, 0.6) is 0 Å². The van der Waals surface area contributed by atoms with Crippen LogP contribution in [0.25, 0.3) is 22.3 Å². The van der Waals surface area contributed by atoms with Crippen molar-refractivity contribution in [1.82, 2.24) is 24.4 Å². The highest BCUT2D eigenvalue weighted by Crippen LogP contribution is 2.51. The first-order valence-electron chi connectivity index (χ1n) is 9.24. The van der Waals surface area contributed by atoms with Gasteiger partial charge in [-0.1, -0.05) is 0 Å². The third-order valence-corrected chi connectivity index (χ3v) is 5.84. The Labute approximate surface area is 157 Å². The number of nitrogens with one attached hydrogen (secondary N) is 1. The van der Waals surface area contributed by atoms with Gasteiger partial charge in [-0.2, -0.15) is 0 Å². The average Bonchev–Trinajstić information content (AvgIpc) is 3.02. The van der Waals surface area contributed by atoms with Crippen molar-refractivity contribution >= 4 is 22.6 Å². The number of rotatable bonds is 3. The molecule has 0 atom stereocenters. The first kappa shape index (κ1) is 16.4. The Hall–Kier alpha value is -2.80. The molecule has 1 aliphatic heterocycles. The van der Waals surface area contributed by atoms with E-state index in [2.05, 4.69) is 27.2 Å². The normalized spacial score (nSPS) is 19.0. The number of likely N-dealkylation sites (tertiary alicyclic amines) is 1. The molecule has 1 spiro atoms. The third-order valence-electron chi connectivity index (χ3n) is 5.84. The first-order valence-corrected chi connectivity index (χ1v) is 9.24. The fourth-order valence-corrected chi connectivity index (χ4v) is 4.59. The third kappa shape index (κ3) is 2.78. The molecule has 27 heavy (non-hydrogen) atoms. The maximum atomic E-state index is 12.5. The van der Waals surface area contributed by atoms with Crippen molar-refractivity contribution < 1.29 is 4.79 Å². The molecule has 4 heterocycles.